The van der Waals surface area contributed by atoms with Crippen LogP contribution >= 0.6 is 0 Å². The molecule has 0 saturated carbocycles. The van der Waals surface area contributed by atoms with Gasteiger partial charge in [-0.15, -0.1) is 0 Å². The van der Waals surface area contributed by atoms with Crippen molar-refractivity contribution in [2.24, 2.45) is 5.73 Å². The molecule has 0 bridgehead atoms. The highest BCUT2D eigenvalue weighted by atomic mass is 16.5. The van der Waals surface area contributed by atoms with Gasteiger partial charge in [-0.25, -0.2) is 0 Å². The molecule has 0 spiro atoms. The molecule has 0 unspecified atom stereocenters. The van der Waals surface area contributed by atoms with Gasteiger partial charge in [0, 0.05) is 19.3 Å². The molecule has 2 aromatic rings. The van der Waals surface area contributed by atoms with Gasteiger partial charge in [0.25, 0.3) is 0 Å². The van der Waals surface area contributed by atoms with Crippen molar-refractivity contribution in [1.29, 1.82) is 0 Å². The molecule has 0 aliphatic heterocycles. The molecule has 4 nitrogen and oxygen atoms in total. The zero-order chi connectivity index (χ0) is 15.2. The number of ether oxygens (including phenoxy) is 1. The minimum absolute atomic E-state index is 0.0177. The summed E-state index contributed by atoms with van der Waals surface area (Å²) in [6.07, 6.45) is 0.326. The second kappa shape index (κ2) is 6.90. The van der Waals surface area contributed by atoms with Crippen LogP contribution in [0.2, 0.25) is 0 Å². The number of nitrogens with zero attached hydrogens (tertiary/aromatic N) is 1. The van der Waals surface area contributed by atoms with Crippen LogP contribution in [0.4, 0.5) is 5.69 Å². The van der Waals surface area contributed by atoms with Crippen LogP contribution in [-0.2, 0) is 17.8 Å². The molecule has 2 rings (SSSR count). The third-order valence-corrected chi connectivity index (χ3v) is 3.44. The van der Waals surface area contributed by atoms with Crippen LogP contribution in [0, 0.1) is 0 Å². The Morgan fingerprint density at radius 1 is 1.19 bits per heavy atom. The van der Waals surface area contributed by atoms with Gasteiger partial charge in [0.05, 0.1) is 13.5 Å². The van der Waals surface area contributed by atoms with E-state index in [0.29, 0.717) is 13.0 Å². The number of hydrogen-bond donors (Lipinski definition) is 1. The van der Waals surface area contributed by atoms with E-state index in [-0.39, 0.29) is 5.91 Å². The van der Waals surface area contributed by atoms with Crippen LogP contribution in [0.5, 0.6) is 5.75 Å². The molecule has 0 radical (unpaired) electrons. The first-order chi connectivity index (χ1) is 10.2. The van der Waals surface area contributed by atoms with Crippen LogP contribution in [0.15, 0.2) is 48.5 Å². The highest BCUT2D eigenvalue weighted by Gasteiger charge is 2.14. The predicted molar refractivity (Wildman–Crippen MR) is 84.4 cm³/mol. The number of carbonyl (C=O) groups excluding carboxylic acids is 1. The summed E-state index contributed by atoms with van der Waals surface area (Å²) in [5.74, 6) is 0.773. The molecule has 0 atom stereocenters. The molecule has 4 heteroatoms. The summed E-state index contributed by atoms with van der Waals surface area (Å²) < 4.78 is 5.18. The topological polar surface area (TPSA) is 55.6 Å². The fraction of sp³-hybridized carbons (Fsp3) is 0.235. The third-order valence-electron chi connectivity index (χ3n) is 3.44. The number of methoxy groups -OCH3 is 1. The number of nitrogens with two attached hydrogens (primary N) is 1. The molecule has 0 aliphatic carbocycles. The molecule has 1 amide bonds. The number of likely N-dealkylation sites (N-methyl/N-ethyl adjacent to an activating group) is 1. The monoisotopic (exact) mass is 284 g/mol. The van der Waals surface area contributed by atoms with Gasteiger partial charge >= 0.3 is 0 Å². The van der Waals surface area contributed by atoms with Gasteiger partial charge in [-0.2, -0.15) is 0 Å². The quantitative estimate of drug-likeness (QED) is 0.917. The molecule has 2 N–H and O–H groups in total. The number of anilines is 1. The van der Waals surface area contributed by atoms with Gasteiger partial charge in [0.15, 0.2) is 0 Å². The Morgan fingerprint density at radius 3 is 2.67 bits per heavy atom. The fourth-order valence-corrected chi connectivity index (χ4v) is 2.22. The van der Waals surface area contributed by atoms with Gasteiger partial charge in [-0.3, -0.25) is 4.79 Å². The Balaban J connectivity index is 2.15. The van der Waals surface area contributed by atoms with Gasteiger partial charge in [0.2, 0.25) is 5.91 Å². The number of rotatable bonds is 5. The van der Waals surface area contributed by atoms with Crippen molar-refractivity contribution in [3.05, 3.63) is 59.7 Å². The lowest BCUT2D eigenvalue weighted by Crippen LogP contribution is -2.29. The van der Waals surface area contributed by atoms with E-state index in [1.807, 2.05) is 48.5 Å². The van der Waals surface area contributed by atoms with Crippen molar-refractivity contribution in [3.63, 3.8) is 0 Å². The SMILES string of the molecule is COc1cccc(CC(=O)N(C)c2ccccc2CN)c1. The van der Waals surface area contributed by atoms with Gasteiger partial charge in [-0.05, 0) is 29.3 Å². The Bertz CT molecular complexity index is 626. The number of para-hydroxylation sites is 1. The standard InChI is InChI=1S/C17H20N2O2/c1-19(16-9-4-3-7-14(16)12-18)17(20)11-13-6-5-8-15(10-13)21-2/h3-10H,11-12,18H2,1-2H3. The smallest absolute Gasteiger partial charge is 0.231 e. The number of carbonyl (C=O) groups is 1. The van der Waals surface area contributed by atoms with E-state index in [9.17, 15) is 4.79 Å². The number of benzene rings is 2. The number of hydrogen-bond acceptors (Lipinski definition) is 3. The van der Waals surface area contributed by atoms with Crippen molar-refractivity contribution in [3.8, 4) is 5.75 Å². The van der Waals surface area contributed by atoms with E-state index >= 15 is 0 Å². The summed E-state index contributed by atoms with van der Waals surface area (Å²) >= 11 is 0. The van der Waals surface area contributed by atoms with E-state index in [1.165, 1.54) is 0 Å². The van der Waals surface area contributed by atoms with Crippen LogP contribution in [0.25, 0.3) is 0 Å². The normalized spacial score (nSPS) is 10.2. The van der Waals surface area contributed by atoms with E-state index in [1.54, 1.807) is 19.1 Å². The zero-order valence-electron chi connectivity index (χ0n) is 12.4. The second-order valence-corrected chi connectivity index (χ2v) is 4.81. The first-order valence-corrected chi connectivity index (χ1v) is 6.83. The minimum Gasteiger partial charge on any atom is -0.497 e. The first kappa shape index (κ1) is 15.1. The lowest BCUT2D eigenvalue weighted by molar-refractivity contribution is -0.117. The molecular formula is C17H20N2O2. The van der Waals surface area contributed by atoms with Crippen LogP contribution in [0.1, 0.15) is 11.1 Å². The molecule has 0 fully saturated rings. The van der Waals surface area contributed by atoms with E-state index in [0.717, 1.165) is 22.6 Å². The van der Waals surface area contributed by atoms with Gasteiger partial charge in [-0.1, -0.05) is 30.3 Å². The first-order valence-electron chi connectivity index (χ1n) is 6.83. The third kappa shape index (κ3) is 3.61. The second-order valence-electron chi connectivity index (χ2n) is 4.81. The highest BCUT2D eigenvalue weighted by Crippen LogP contribution is 2.20. The van der Waals surface area contributed by atoms with Crippen molar-refractivity contribution in [1.82, 2.24) is 0 Å². The summed E-state index contributed by atoms with van der Waals surface area (Å²) in [6, 6.07) is 15.2. The van der Waals surface area contributed by atoms with Crippen LogP contribution < -0.4 is 15.4 Å². The molecule has 0 aliphatic rings. The average Bonchev–Trinajstić information content (AvgIpc) is 2.54. The molecular weight excluding hydrogens is 264 g/mol. The zero-order valence-corrected chi connectivity index (χ0v) is 12.4. The fourth-order valence-electron chi connectivity index (χ4n) is 2.22. The van der Waals surface area contributed by atoms with E-state index < -0.39 is 0 Å². The molecule has 0 aromatic heterocycles. The number of amides is 1. The maximum Gasteiger partial charge on any atom is 0.231 e. The van der Waals surface area contributed by atoms with Gasteiger partial charge in [0.1, 0.15) is 5.75 Å². The Morgan fingerprint density at radius 2 is 1.95 bits per heavy atom. The molecule has 110 valence electrons. The lowest BCUT2D eigenvalue weighted by Gasteiger charge is -2.20. The molecule has 21 heavy (non-hydrogen) atoms. The predicted octanol–water partition coefficient (Wildman–Crippen LogP) is 2.36. The Labute approximate surface area is 125 Å². The van der Waals surface area contributed by atoms with Crippen molar-refractivity contribution >= 4 is 11.6 Å². The van der Waals surface area contributed by atoms with E-state index in [2.05, 4.69) is 0 Å². The minimum atomic E-state index is 0.0177. The van der Waals surface area contributed by atoms with Crippen molar-refractivity contribution < 1.29 is 9.53 Å². The van der Waals surface area contributed by atoms with Crippen molar-refractivity contribution in [2.75, 3.05) is 19.1 Å². The molecule has 0 heterocycles. The van der Waals surface area contributed by atoms with E-state index in [4.69, 9.17) is 10.5 Å². The Hall–Kier alpha value is -2.33. The Kier molecular flexibility index (Phi) is 4.95. The summed E-state index contributed by atoms with van der Waals surface area (Å²) in [5.41, 5.74) is 8.46. The average molecular weight is 284 g/mol. The largest absolute Gasteiger partial charge is 0.497 e. The maximum atomic E-state index is 12.4. The lowest BCUT2D eigenvalue weighted by atomic mass is 10.1. The van der Waals surface area contributed by atoms with Crippen LogP contribution in [-0.4, -0.2) is 20.1 Å². The van der Waals surface area contributed by atoms with Crippen LogP contribution in [0.3, 0.4) is 0 Å². The highest BCUT2D eigenvalue weighted by molar-refractivity contribution is 5.95. The summed E-state index contributed by atoms with van der Waals surface area (Å²) in [4.78, 5) is 14.1. The summed E-state index contributed by atoms with van der Waals surface area (Å²) in [6.45, 7) is 0.410. The maximum absolute atomic E-state index is 12.4. The molecule has 2 aromatic carbocycles. The summed E-state index contributed by atoms with van der Waals surface area (Å²) in [7, 11) is 3.39. The summed E-state index contributed by atoms with van der Waals surface area (Å²) in [5, 5.41) is 0. The van der Waals surface area contributed by atoms with Crippen molar-refractivity contribution in [2.45, 2.75) is 13.0 Å². The molecule has 0 saturated heterocycles. The van der Waals surface area contributed by atoms with Gasteiger partial charge < -0.3 is 15.4 Å².